The van der Waals surface area contributed by atoms with Crippen molar-refractivity contribution in [2.24, 2.45) is 0 Å². The van der Waals surface area contributed by atoms with Crippen molar-refractivity contribution in [1.82, 2.24) is 0 Å². The van der Waals surface area contributed by atoms with Crippen LogP contribution in [-0.2, 0) is 4.74 Å². The fraction of sp³-hybridized carbons (Fsp3) is 0.438. The van der Waals surface area contributed by atoms with Crippen molar-refractivity contribution in [1.29, 1.82) is 5.26 Å². The van der Waals surface area contributed by atoms with Gasteiger partial charge < -0.3 is 28.4 Å². The molecular formula is C16H21NO6. The lowest BCUT2D eigenvalue weighted by Crippen LogP contribution is -2.04. The molecule has 1 rings (SSSR count). The van der Waals surface area contributed by atoms with Crippen LogP contribution in [0, 0.1) is 11.3 Å². The lowest BCUT2D eigenvalue weighted by atomic mass is 10.1. The Hall–Kier alpha value is -2.59. The predicted octanol–water partition coefficient (Wildman–Crippen LogP) is 2.28. The Morgan fingerprint density at radius 2 is 1.17 bits per heavy atom. The lowest BCUT2D eigenvalue weighted by molar-refractivity contribution is 0.229. The lowest BCUT2D eigenvalue weighted by Gasteiger charge is -2.21. The smallest absolute Gasteiger partial charge is 0.211 e. The highest BCUT2D eigenvalue weighted by Crippen LogP contribution is 2.53. The van der Waals surface area contributed by atoms with Gasteiger partial charge in [-0.3, -0.25) is 0 Å². The number of hydrogen-bond acceptors (Lipinski definition) is 7. The van der Waals surface area contributed by atoms with E-state index in [0.29, 0.717) is 39.9 Å². The normalized spacial score (nSPS) is 10.7. The first-order valence-electron chi connectivity index (χ1n) is 6.66. The van der Waals surface area contributed by atoms with Crippen LogP contribution in [-0.4, -0.2) is 49.3 Å². The molecule has 0 aliphatic rings. The zero-order chi connectivity index (χ0) is 17.4. The van der Waals surface area contributed by atoms with Gasteiger partial charge in [-0.15, -0.1) is 0 Å². The number of nitrogens with zero attached hydrogens (tertiary/aromatic N) is 1. The number of benzene rings is 1. The maximum Gasteiger partial charge on any atom is 0.211 e. The molecule has 0 bridgehead atoms. The standard InChI is InChI=1S/C16H21NO6/c1-18-9-10(8-17)7-11-12(19-2)14(21-4)16(23-6)15(22-5)13(11)20-3/h7H,9H2,1-6H3/b10-7+. The van der Waals surface area contributed by atoms with Gasteiger partial charge in [0.15, 0.2) is 11.5 Å². The molecule has 1 aromatic rings. The Morgan fingerprint density at radius 3 is 1.48 bits per heavy atom. The van der Waals surface area contributed by atoms with E-state index in [4.69, 9.17) is 28.4 Å². The van der Waals surface area contributed by atoms with Crippen molar-refractivity contribution in [3.05, 3.63) is 11.1 Å². The molecule has 7 heteroatoms. The average Bonchev–Trinajstić information content (AvgIpc) is 2.59. The van der Waals surface area contributed by atoms with E-state index in [9.17, 15) is 5.26 Å². The number of methoxy groups -OCH3 is 6. The minimum Gasteiger partial charge on any atom is -0.492 e. The molecule has 0 aromatic heterocycles. The van der Waals surface area contributed by atoms with Gasteiger partial charge in [0.25, 0.3) is 0 Å². The topological polar surface area (TPSA) is 79.2 Å². The van der Waals surface area contributed by atoms with Gasteiger partial charge in [-0.05, 0) is 6.08 Å². The van der Waals surface area contributed by atoms with Gasteiger partial charge in [-0.1, -0.05) is 0 Å². The third-order valence-corrected chi connectivity index (χ3v) is 3.10. The van der Waals surface area contributed by atoms with E-state index in [0.717, 1.165) is 0 Å². The van der Waals surface area contributed by atoms with Crippen molar-refractivity contribution < 1.29 is 28.4 Å². The Morgan fingerprint density at radius 1 is 0.783 bits per heavy atom. The predicted molar refractivity (Wildman–Crippen MR) is 84.7 cm³/mol. The summed E-state index contributed by atoms with van der Waals surface area (Å²) < 4.78 is 32.0. The fourth-order valence-corrected chi connectivity index (χ4v) is 2.19. The van der Waals surface area contributed by atoms with Crippen LogP contribution in [0.4, 0.5) is 0 Å². The van der Waals surface area contributed by atoms with Crippen LogP contribution in [0.1, 0.15) is 5.56 Å². The Bertz CT molecular complexity index is 585. The van der Waals surface area contributed by atoms with E-state index in [1.165, 1.54) is 42.7 Å². The molecule has 0 spiro atoms. The first kappa shape index (κ1) is 18.5. The van der Waals surface area contributed by atoms with Gasteiger partial charge in [-0.2, -0.15) is 5.26 Å². The second-order valence-electron chi connectivity index (χ2n) is 4.29. The van der Waals surface area contributed by atoms with E-state index >= 15 is 0 Å². The number of ether oxygens (including phenoxy) is 6. The summed E-state index contributed by atoms with van der Waals surface area (Å²) in [6, 6.07) is 2.07. The van der Waals surface area contributed by atoms with E-state index in [1.54, 1.807) is 6.08 Å². The molecule has 0 saturated heterocycles. The molecule has 0 N–H and O–H groups in total. The Kier molecular flexibility index (Phi) is 7.03. The van der Waals surface area contributed by atoms with Crippen molar-refractivity contribution in [3.63, 3.8) is 0 Å². The van der Waals surface area contributed by atoms with E-state index < -0.39 is 0 Å². The summed E-state index contributed by atoms with van der Waals surface area (Å²) in [5, 5.41) is 9.23. The number of hydrogen-bond donors (Lipinski definition) is 0. The highest BCUT2D eigenvalue weighted by atomic mass is 16.6. The van der Waals surface area contributed by atoms with Gasteiger partial charge >= 0.3 is 0 Å². The van der Waals surface area contributed by atoms with Gasteiger partial charge in [0.1, 0.15) is 0 Å². The highest BCUT2D eigenvalue weighted by Gasteiger charge is 2.27. The molecule has 0 aliphatic heterocycles. The quantitative estimate of drug-likeness (QED) is 0.679. The summed E-state index contributed by atoms with van der Waals surface area (Å²) >= 11 is 0. The van der Waals surface area contributed by atoms with Gasteiger partial charge in [0.05, 0.1) is 59.4 Å². The minimum atomic E-state index is 0.152. The molecule has 126 valence electrons. The van der Waals surface area contributed by atoms with E-state index in [2.05, 4.69) is 6.07 Å². The first-order valence-corrected chi connectivity index (χ1v) is 6.66. The number of nitriles is 1. The average molecular weight is 323 g/mol. The second-order valence-corrected chi connectivity index (χ2v) is 4.29. The monoisotopic (exact) mass is 323 g/mol. The van der Waals surface area contributed by atoms with Crippen LogP contribution in [0.5, 0.6) is 28.7 Å². The molecule has 0 atom stereocenters. The molecule has 0 heterocycles. The van der Waals surface area contributed by atoms with Crippen LogP contribution in [0.2, 0.25) is 0 Å². The van der Waals surface area contributed by atoms with Gasteiger partial charge in [0, 0.05) is 7.11 Å². The van der Waals surface area contributed by atoms with Crippen molar-refractivity contribution >= 4 is 6.08 Å². The molecule has 0 saturated carbocycles. The maximum atomic E-state index is 9.23. The van der Waals surface area contributed by atoms with Gasteiger partial charge in [0.2, 0.25) is 17.2 Å². The SMILES string of the molecule is COC/C(C#N)=C/c1c(OC)c(OC)c(OC)c(OC)c1OC. The van der Waals surface area contributed by atoms with Crippen LogP contribution in [0.3, 0.4) is 0 Å². The molecule has 0 aliphatic carbocycles. The van der Waals surface area contributed by atoms with Crippen LogP contribution in [0.15, 0.2) is 5.57 Å². The zero-order valence-electron chi connectivity index (χ0n) is 14.2. The summed E-state index contributed by atoms with van der Waals surface area (Å²) in [5.74, 6) is 1.75. The van der Waals surface area contributed by atoms with Crippen LogP contribution >= 0.6 is 0 Å². The minimum absolute atomic E-state index is 0.152. The first-order chi connectivity index (χ1) is 11.1. The maximum absolute atomic E-state index is 9.23. The molecule has 0 radical (unpaired) electrons. The van der Waals surface area contributed by atoms with E-state index in [1.807, 2.05) is 0 Å². The highest BCUT2D eigenvalue weighted by molar-refractivity contribution is 5.79. The van der Waals surface area contributed by atoms with Crippen LogP contribution in [0.25, 0.3) is 6.08 Å². The van der Waals surface area contributed by atoms with Crippen LogP contribution < -0.4 is 23.7 Å². The zero-order valence-corrected chi connectivity index (χ0v) is 14.2. The molecule has 7 nitrogen and oxygen atoms in total. The Labute approximate surface area is 135 Å². The van der Waals surface area contributed by atoms with Crippen molar-refractivity contribution in [3.8, 4) is 34.8 Å². The summed E-state index contributed by atoms with van der Waals surface area (Å²) in [6.07, 6.45) is 1.60. The molecule has 23 heavy (non-hydrogen) atoms. The third kappa shape index (κ3) is 3.60. The summed E-state index contributed by atoms with van der Waals surface area (Å²) in [7, 11) is 8.95. The number of rotatable bonds is 8. The second kappa shape index (κ2) is 8.76. The largest absolute Gasteiger partial charge is 0.492 e. The molecule has 0 unspecified atom stereocenters. The Balaban J connectivity index is 3.82. The summed E-state index contributed by atoms with van der Waals surface area (Å²) in [4.78, 5) is 0. The summed E-state index contributed by atoms with van der Waals surface area (Å²) in [6.45, 7) is 0.152. The van der Waals surface area contributed by atoms with Gasteiger partial charge in [-0.25, -0.2) is 0 Å². The summed E-state index contributed by atoms with van der Waals surface area (Å²) in [5.41, 5.74) is 0.886. The van der Waals surface area contributed by atoms with Crippen molar-refractivity contribution in [2.45, 2.75) is 0 Å². The molecule has 0 amide bonds. The third-order valence-electron chi connectivity index (χ3n) is 3.10. The van der Waals surface area contributed by atoms with Crippen molar-refractivity contribution in [2.75, 3.05) is 49.3 Å². The molecule has 1 aromatic carbocycles. The fourth-order valence-electron chi connectivity index (χ4n) is 2.19. The van der Waals surface area contributed by atoms with E-state index in [-0.39, 0.29) is 6.61 Å². The molecule has 0 fully saturated rings. The molecular weight excluding hydrogens is 302 g/mol.